The van der Waals surface area contributed by atoms with Crippen molar-refractivity contribution < 1.29 is 32.6 Å². The molecule has 1 amide bonds. The number of carbonyl (C=O) groups is 2. The van der Waals surface area contributed by atoms with Crippen molar-refractivity contribution in [2.24, 2.45) is 0 Å². The molecule has 8 heteroatoms. The Morgan fingerprint density at radius 3 is 2.26 bits per heavy atom. The quantitative estimate of drug-likeness (QED) is 0.173. The lowest BCUT2D eigenvalue weighted by Crippen LogP contribution is -2.30. The molecule has 1 aliphatic heterocycles. The molecule has 5 rings (SSSR count). The molecule has 1 aliphatic rings. The third-order valence-corrected chi connectivity index (χ3v) is 6.48. The smallest absolute Gasteiger partial charge is 0.300 e. The minimum Gasteiger partial charge on any atom is -0.507 e. The highest BCUT2D eigenvalue weighted by atomic mass is 19.1. The number of anilines is 1. The molecule has 5 nitrogen and oxygen atoms in total. The number of hydrogen-bond donors (Lipinski definition) is 1. The Bertz CT molecular complexity index is 1600. The summed E-state index contributed by atoms with van der Waals surface area (Å²) in [5.74, 6) is -4.56. The first-order valence-electron chi connectivity index (χ1n) is 12.0. The standard InChI is InChI=1S/C31H22F3NO4/c1-18-15-21(9-14-26(18)39-17-19-5-3-2-4-6-19)29(36)27-28(20-7-10-22(32)11-8-20)35(31(38)30(27)37)25-16-23(33)12-13-24(25)34/h2-16,28,36H,17H2,1H3/b29-27+. The Morgan fingerprint density at radius 1 is 0.872 bits per heavy atom. The van der Waals surface area contributed by atoms with Gasteiger partial charge in [0.25, 0.3) is 11.7 Å². The average molecular weight is 530 g/mol. The van der Waals surface area contributed by atoms with E-state index in [0.717, 1.165) is 40.8 Å². The molecule has 4 aromatic carbocycles. The number of carbonyl (C=O) groups excluding carboxylic acids is 2. The lowest BCUT2D eigenvalue weighted by Gasteiger charge is -2.26. The minimum absolute atomic E-state index is 0.212. The monoisotopic (exact) mass is 529 g/mol. The minimum atomic E-state index is -1.34. The number of Topliss-reactive ketones (excluding diaryl/α,β-unsaturated/α-hetero) is 1. The van der Waals surface area contributed by atoms with Crippen LogP contribution in [0, 0.1) is 24.4 Å². The number of rotatable bonds is 6. The maximum absolute atomic E-state index is 14.8. The molecule has 0 radical (unpaired) electrons. The van der Waals surface area contributed by atoms with Crippen molar-refractivity contribution in [1.82, 2.24) is 0 Å². The molecule has 196 valence electrons. The van der Waals surface area contributed by atoms with Gasteiger partial charge >= 0.3 is 0 Å². The number of nitrogens with zero attached hydrogens (tertiary/aromatic N) is 1. The number of benzene rings is 4. The van der Waals surface area contributed by atoms with Crippen molar-refractivity contribution in [1.29, 1.82) is 0 Å². The molecule has 0 bridgehead atoms. The summed E-state index contributed by atoms with van der Waals surface area (Å²) in [6, 6.07) is 20.3. The van der Waals surface area contributed by atoms with Crippen LogP contribution in [0.3, 0.4) is 0 Å². The number of aryl methyl sites for hydroxylation is 1. The molecular weight excluding hydrogens is 507 g/mol. The van der Waals surface area contributed by atoms with Crippen LogP contribution in [0.2, 0.25) is 0 Å². The van der Waals surface area contributed by atoms with Gasteiger partial charge in [-0.1, -0.05) is 42.5 Å². The Hall–Kier alpha value is -4.85. The summed E-state index contributed by atoms with van der Waals surface area (Å²) in [7, 11) is 0. The fourth-order valence-electron chi connectivity index (χ4n) is 4.56. The predicted molar refractivity (Wildman–Crippen MR) is 139 cm³/mol. The number of amides is 1. The van der Waals surface area contributed by atoms with E-state index in [1.165, 1.54) is 18.2 Å². The van der Waals surface area contributed by atoms with Gasteiger partial charge in [0.2, 0.25) is 0 Å². The van der Waals surface area contributed by atoms with Crippen LogP contribution in [0.4, 0.5) is 18.9 Å². The average Bonchev–Trinajstić information content (AvgIpc) is 3.19. The van der Waals surface area contributed by atoms with Gasteiger partial charge < -0.3 is 9.84 Å². The Labute approximate surface area is 222 Å². The lowest BCUT2D eigenvalue weighted by atomic mass is 9.94. The molecular formula is C31H22F3NO4. The maximum Gasteiger partial charge on any atom is 0.300 e. The third kappa shape index (κ3) is 5.01. The summed E-state index contributed by atoms with van der Waals surface area (Å²) in [4.78, 5) is 27.2. The fraction of sp³-hybridized carbons (Fsp3) is 0.0968. The normalized spacial score (nSPS) is 16.5. The van der Waals surface area contributed by atoms with Crippen molar-refractivity contribution in [3.05, 3.63) is 136 Å². The van der Waals surface area contributed by atoms with Gasteiger partial charge in [0.15, 0.2) is 0 Å². The molecule has 1 saturated heterocycles. The zero-order valence-electron chi connectivity index (χ0n) is 20.7. The van der Waals surface area contributed by atoms with E-state index < -0.39 is 46.6 Å². The first-order chi connectivity index (χ1) is 18.7. The van der Waals surface area contributed by atoms with Crippen LogP contribution in [0.25, 0.3) is 5.76 Å². The van der Waals surface area contributed by atoms with E-state index in [9.17, 15) is 27.9 Å². The second-order valence-electron chi connectivity index (χ2n) is 9.07. The topological polar surface area (TPSA) is 66.8 Å². The van der Waals surface area contributed by atoms with Gasteiger partial charge in [0.1, 0.15) is 35.6 Å². The third-order valence-electron chi connectivity index (χ3n) is 6.48. The molecule has 1 heterocycles. The number of halogens is 3. The molecule has 1 unspecified atom stereocenters. The predicted octanol–water partition coefficient (Wildman–Crippen LogP) is 6.62. The van der Waals surface area contributed by atoms with E-state index in [0.29, 0.717) is 17.9 Å². The van der Waals surface area contributed by atoms with Crippen molar-refractivity contribution in [3.63, 3.8) is 0 Å². The van der Waals surface area contributed by atoms with Crippen LogP contribution >= 0.6 is 0 Å². The van der Waals surface area contributed by atoms with Crippen molar-refractivity contribution >= 4 is 23.1 Å². The van der Waals surface area contributed by atoms with Crippen LogP contribution < -0.4 is 9.64 Å². The first-order valence-corrected chi connectivity index (χ1v) is 12.0. The summed E-state index contributed by atoms with van der Waals surface area (Å²) >= 11 is 0. The number of hydrogen-bond acceptors (Lipinski definition) is 4. The molecule has 0 spiro atoms. The van der Waals surface area contributed by atoms with Crippen LogP contribution in [0.1, 0.15) is 28.3 Å². The van der Waals surface area contributed by atoms with E-state index in [4.69, 9.17) is 4.74 Å². The van der Waals surface area contributed by atoms with Gasteiger partial charge in [-0.25, -0.2) is 13.2 Å². The summed E-state index contributed by atoms with van der Waals surface area (Å²) in [6.07, 6.45) is 0. The van der Waals surface area contributed by atoms with Gasteiger partial charge in [-0.3, -0.25) is 14.5 Å². The van der Waals surface area contributed by atoms with Gasteiger partial charge in [-0.05, 0) is 66.1 Å². The Balaban J connectivity index is 1.58. The molecule has 4 aromatic rings. The van der Waals surface area contributed by atoms with Gasteiger partial charge in [0, 0.05) is 11.6 Å². The number of ether oxygens (including phenoxy) is 1. The van der Waals surface area contributed by atoms with Gasteiger partial charge in [0.05, 0.1) is 17.3 Å². The van der Waals surface area contributed by atoms with Crippen molar-refractivity contribution in [2.75, 3.05) is 4.90 Å². The van der Waals surface area contributed by atoms with Crippen LogP contribution in [0.15, 0.2) is 96.6 Å². The Kier molecular flexibility index (Phi) is 6.94. The first kappa shape index (κ1) is 25.8. The molecule has 0 aliphatic carbocycles. The fourth-order valence-corrected chi connectivity index (χ4v) is 4.56. The molecule has 0 saturated carbocycles. The molecule has 39 heavy (non-hydrogen) atoms. The van der Waals surface area contributed by atoms with E-state index in [2.05, 4.69) is 0 Å². The maximum atomic E-state index is 14.8. The van der Waals surface area contributed by atoms with Crippen molar-refractivity contribution in [3.8, 4) is 5.75 Å². The highest BCUT2D eigenvalue weighted by Gasteiger charge is 2.47. The van der Waals surface area contributed by atoms with E-state index in [1.54, 1.807) is 19.1 Å². The molecule has 1 N–H and O–H groups in total. The van der Waals surface area contributed by atoms with Gasteiger partial charge in [-0.2, -0.15) is 0 Å². The van der Waals surface area contributed by atoms with E-state index in [-0.39, 0.29) is 16.7 Å². The molecule has 0 aromatic heterocycles. The Morgan fingerprint density at radius 2 is 1.56 bits per heavy atom. The molecule has 1 atom stereocenters. The van der Waals surface area contributed by atoms with Crippen LogP contribution in [-0.4, -0.2) is 16.8 Å². The van der Waals surface area contributed by atoms with E-state index >= 15 is 0 Å². The number of aliphatic hydroxyl groups excluding tert-OH is 1. The highest BCUT2D eigenvalue weighted by Crippen LogP contribution is 2.43. The summed E-state index contributed by atoms with van der Waals surface area (Å²) < 4.78 is 48.5. The number of aliphatic hydroxyl groups is 1. The van der Waals surface area contributed by atoms with E-state index in [1.807, 2.05) is 30.3 Å². The largest absolute Gasteiger partial charge is 0.507 e. The number of ketones is 1. The zero-order valence-corrected chi connectivity index (χ0v) is 20.7. The van der Waals surface area contributed by atoms with Crippen LogP contribution in [0.5, 0.6) is 5.75 Å². The summed E-state index contributed by atoms with van der Waals surface area (Å²) in [6.45, 7) is 2.08. The zero-order chi connectivity index (χ0) is 27.7. The van der Waals surface area contributed by atoms with Gasteiger partial charge in [-0.15, -0.1) is 0 Å². The second-order valence-corrected chi connectivity index (χ2v) is 9.07. The van der Waals surface area contributed by atoms with Crippen LogP contribution in [-0.2, 0) is 16.2 Å². The second kappa shape index (κ2) is 10.5. The highest BCUT2D eigenvalue weighted by molar-refractivity contribution is 6.51. The lowest BCUT2D eigenvalue weighted by molar-refractivity contribution is -0.132. The van der Waals surface area contributed by atoms with Crippen molar-refractivity contribution in [2.45, 2.75) is 19.6 Å². The molecule has 1 fully saturated rings. The SMILES string of the molecule is Cc1cc(/C(O)=C2\C(=O)C(=O)N(c3cc(F)ccc3F)C2c2ccc(F)cc2)ccc1OCc1ccccc1. The summed E-state index contributed by atoms with van der Waals surface area (Å²) in [5.41, 5.74) is 1.23. The summed E-state index contributed by atoms with van der Waals surface area (Å²) in [5, 5.41) is 11.3.